The average Bonchev–Trinajstić information content (AvgIpc) is 3.02. The first-order chi connectivity index (χ1) is 11.8. The van der Waals surface area contributed by atoms with Gasteiger partial charge in [0.25, 0.3) is 5.56 Å². The summed E-state index contributed by atoms with van der Waals surface area (Å²) in [6.07, 6.45) is 2.92. The van der Waals surface area contributed by atoms with E-state index in [1.807, 2.05) is 9.95 Å². The quantitative estimate of drug-likeness (QED) is 0.545. The number of hydrogen-bond acceptors (Lipinski definition) is 4. The second-order valence-corrected chi connectivity index (χ2v) is 14.9. The van der Waals surface area contributed by atoms with E-state index in [4.69, 9.17) is 9.47 Å². The predicted molar refractivity (Wildman–Crippen MR) is 107 cm³/mol. The number of pyridine rings is 1. The Balaban J connectivity index is 2.01. The highest BCUT2D eigenvalue weighted by atomic mass is 32.1. The third-order valence-electron chi connectivity index (χ3n) is 5.25. The van der Waals surface area contributed by atoms with Crippen molar-refractivity contribution < 1.29 is 9.47 Å². The molecule has 0 aromatic carbocycles. The van der Waals surface area contributed by atoms with Gasteiger partial charge in [0.15, 0.2) is 0 Å². The Labute approximate surface area is 154 Å². The molecule has 0 aliphatic heterocycles. The van der Waals surface area contributed by atoms with Crippen molar-refractivity contribution >= 4 is 29.5 Å². The first-order valence-electron chi connectivity index (χ1n) is 9.03. The molecular weight excluding hydrogens is 350 g/mol. The lowest BCUT2D eigenvalue weighted by Gasteiger charge is -2.36. The Kier molecular flexibility index (Phi) is 5.26. The molecule has 6 heteroatoms. The monoisotopic (exact) mass is 379 g/mol. The van der Waals surface area contributed by atoms with Crippen LogP contribution in [0.2, 0.25) is 25.7 Å². The fraction of sp³-hybridized carbons (Fsp3) is 0.632. The van der Waals surface area contributed by atoms with Crippen molar-refractivity contribution in [1.29, 1.82) is 0 Å². The highest BCUT2D eigenvalue weighted by molar-refractivity contribution is 7.17. The SMILES string of the molecule is COC1(C)CCCc2c1c1ccsc1c(=O)n2COCC[Si](C)(C)C. The molecule has 2 heterocycles. The van der Waals surface area contributed by atoms with Crippen LogP contribution in [-0.4, -0.2) is 26.4 Å². The fourth-order valence-electron chi connectivity index (χ4n) is 3.65. The van der Waals surface area contributed by atoms with Gasteiger partial charge in [-0.1, -0.05) is 19.6 Å². The zero-order valence-corrected chi connectivity index (χ0v) is 17.8. The number of rotatable bonds is 6. The van der Waals surface area contributed by atoms with Crippen molar-refractivity contribution in [2.75, 3.05) is 13.7 Å². The topological polar surface area (TPSA) is 40.5 Å². The molecule has 0 radical (unpaired) electrons. The Hall–Kier alpha value is -0.953. The van der Waals surface area contributed by atoms with Crippen molar-refractivity contribution in [3.8, 4) is 0 Å². The summed E-state index contributed by atoms with van der Waals surface area (Å²) in [5.74, 6) is 0. The fourth-order valence-corrected chi connectivity index (χ4v) is 5.26. The maximum Gasteiger partial charge on any atom is 0.270 e. The molecule has 0 bridgehead atoms. The molecule has 4 nitrogen and oxygen atoms in total. The Morgan fingerprint density at radius 3 is 2.80 bits per heavy atom. The van der Waals surface area contributed by atoms with Crippen molar-refractivity contribution in [2.24, 2.45) is 0 Å². The summed E-state index contributed by atoms with van der Waals surface area (Å²) in [6.45, 7) is 10.2. The summed E-state index contributed by atoms with van der Waals surface area (Å²) in [7, 11) is 0.641. The highest BCUT2D eigenvalue weighted by Crippen LogP contribution is 2.41. The summed E-state index contributed by atoms with van der Waals surface area (Å²) < 4.78 is 14.5. The number of hydrogen-bond donors (Lipinski definition) is 0. The number of thiophene rings is 1. The van der Waals surface area contributed by atoms with Gasteiger partial charge >= 0.3 is 0 Å². The molecule has 2 aromatic rings. The number of aromatic nitrogens is 1. The van der Waals surface area contributed by atoms with Crippen molar-refractivity contribution in [3.63, 3.8) is 0 Å². The van der Waals surface area contributed by atoms with Crippen molar-refractivity contribution in [1.82, 2.24) is 4.57 Å². The van der Waals surface area contributed by atoms with Gasteiger partial charge in [-0.05, 0) is 43.7 Å². The second-order valence-electron chi connectivity index (χ2n) is 8.35. The highest BCUT2D eigenvalue weighted by Gasteiger charge is 2.36. The van der Waals surface area contributed by atoms with Gasteiger partial charge in [-0.25, -0.2) is 0 Å². The summed E-state index contributed by atoms with van der Waals surface area (Å²) in [6, 6.07) is 3.18. The van der Waals surface area contributed by atoms with Crippen LogP contribution < -0.4 is 5.56 Å². The van der Waals surface area contributed by atoms with Crippen LogP contribution in [0.25, 0.3) is 10.1 Å². The minimum Gasteiger partial charge on any atom is -0.374 e. The van der Waals surface area contributed by atoms with Gasteiger partial charge in [-0.15, -0.1) is 11.3 Å². The molecule has 0 amide bonds. The van der Waals surface area contributed by atoms with E-state index in [0.29, 0.717) is 6.73 Å². The molecule has 2 aromatic heterocycles. The van der Waals surface area contributed by atoms with E-state index in [-0.39, 0.29) is 11.2 Å². The molecule has 1 unspecified atom stereocenters. The minimum atomic E-state index is -1.13. The van der Waals surface area contributed by atoms with E-state index in [2.05, 4.69) is 32.6 Å². The van der Waals surface area contributed by atoms with Crippen LogP contribution in [0.5, 0.6) is 0 Å². The van der Waals surface area contributed by atoms with Crippen LogP contribution >= 0.6 is 11.3 Å². The molecule has 1 aliphatic carbocycles. The first kappa shape index (κ1) is 18.8. The van der Waals surface area contributed by atoms with Crippen LogP contribution in [0.1, 0.15) is 31.0 Å². The molecule has 25 heavy (non-hydrogen) atoms. The minimum absolute atomic E-state index is 0.0807. The molecular formula is C19H29NO3SSi. The maximum absolute atomic E-state index is 13.0. The summed E-state index contributed by atoms with van der Waals surface area (Å²) in [5, 5.41) is 3.07. The Morgan fingerprint density at radius 1 is 1.36 bits per heavy atom. The van der Waals surface area contributed by atoms with E-state index in [1.165, 1.54) is 16.9 Å². The van der Waals surface area contributed by atoms with E-state index in [1.54, 1.807) is 7.11 Å². The zero-order chi connectivity index (χ0) is 18.2. The van der Waals surface area contributed by atoms with Gasteiger partial charge in [0.1, 0.15) is 11.4 Å². The molecule has 1 atom stereocenters. The average molecular weight is 380 g/mol. The van der Waals surface area contributed by atoms with E-state index in [0.717, 1.165) is 47.7 Å². The first-order valence-corrected chi connectivity index (χ1v) is 13.6. The van der Waals surface area contributed by atoms with Gasteiger partial charge in [0.05, 0.1) is 5.60 Å². The molecule has 0 N–H and O–H groups in total. The van der Waals surface area contributed by atoms with Gasteiger partial charge in [0, 0.05) is 38.4 Å². The largest absolute Gasteiger partial charge is 0.374 e. The van der Waals surface area contributed by atoms with Gasteiger partial charge in [-0.3, -0.25) is 9.36 Å². The van der Waals surface area contributed by atoms with Crippen LogP contribution in [0, 0.1) is 0 Å². The van der Waals surface area contributed by atoms with Gasteiger partial charge < -0.3 is 9.47 Å². The summed E-state index contributed by atoms with van der Waals surface area (Å²) in [4.78, 5) is 13.0. The van der Waals surface area contributed by atoms with Gasteiger partial charge in [0.2, 0.25) is 0 Å². The normalized spacial score (nSPS) is 20.8. The Morgan fingerprint density at radius 2 is 2.12 bits per heavy atom. The van der Waals surface area contributed by atoms with Crippen LogP contribution in [0.3, 0.4) is 0 Å². The number of nitrogens with zero attached hydrogens (tertiary/aromatic N) is 1. The molecule has 0 fully saturated rings. The molecule has 0 spiro atoms. The molecule has 0 saturated heterocycles. The third-order valence-corrected chi connectivity index (χ3v) is 7.86. The van der Waals surface area contributed by atoms with E-state index >= 15 is 0 Å². The van der Waals surface area contributed by atoms with Crippen molar-refractivity contribution in [3.05, 3.63) is 33.1 Å². The standard InChI is InChI=1S/C19H29NO3SSi/c1-19(22-2)9-6-7-15-16(19)14-8-11-24-17(14)18(21)20(15)13-23-10-12-25(3,4)5/h8,11H,6-7,9-10,12-13H2,1-5H3. The number of fused-ring (bicyclic) bond motifs is 3. The molecule has 0 saturated carbocycles. The van der Waals surface area contributed by atoms with E-state index < -0.39 is 8.07 Å². The maximum atomic E-state index is 13.0. The number of ether oxygens (including phenoxy) is 2. The number of methoxy groups -OCH3 is 1. The lowest BCUT2D eigenvalue weighted by Crippen LogP contribution is -2.36. The predicted octanol–water partition coefficient (Wildman–Crippen LogP) is 4.57. The lowest BCUT2D eigenvalue weighted by molar-refractivity contribution is -0.0136. The van der Waals surface area contributed by atoms with Crippen LogP contribution in [0.4, 0.5) is 0 Å². The van der Waals surface area contributed by atoms with Crippen LogP contribution in [-0.2, 0) is 28.2 Å². The van der Waals surface area contributed by atoms with E-state index in [9.17, 15) is 4.79 Å². The third kappa shape index (κ3) is 3.63. The molecule has 138 valence electrons. The second kappa shape index (κ2) is 6.99. The lowest BCUT2D eigenvalue weighted by atomic mass is 9.81. The summed E-state index contributed by atoms with van der Waals surface area (Å²) >= 11 is 1.52. The summed E-state index contributed by atoms with van der Waals surface area (Å²) in [5.41, 5.74) is 2.03. The zero-order valence-electron chi connectivity index (χ0n) is 16.0. The molecule has 1 aliphatic rings. The van der Waals surface area contributed by atoms with Crippen molar-refractivity contribution in [2.45, 2.75) is 64.2 Å². The molecule has 3 rings (SSSR count). The smallest absolute Gasteiger partial charge is 0.270 e. The Bertz CT molecular complexity index is 820. The van der Waals surface area contributed by atoms with Gasteiger partial charge in [-0.2, -0.15) is 0 Å². The van der Waals surface area contributed by atoms with Crippen LogP contribution in [0.15, 0.2) is 16.2 Å².